The number of aromatic nitrogens is 1. The van der Waals surface area contributed by atoms with Crippen molar-refractivity contribution in [1.29, 1.82) is 0 Å². The summed E-state index contributed by atoms with van der Waals surface area (Å²) in [5.74, 6) is 0.455. The van der Waals surface area contributed by atoms with E-state index < -0.39 is 18.3 Å². The Labute approximate surface area is 304 Å². The molecule has 52 heavy (non-hydrogen) atoms. The number of nitrogens with zero attached hydrogens (tertiary/aromatic N) is 3. The van der Waals surface area contributed by atoms with E-state index in [1.165, 1.54) is 6.07 Å². The minimum absolute atomic E-state index is 0.0787. The van der Waals surface area contributed by atoms with Gasteiger partial charge in [-0.05, 0) is 80.2 Å². The number of hydrogen-bond acceptors (Lipinski definition) is 7. The molecule has 4 heterocycles. The third-order valence-corrected chi connectivity index (χ3v) is 10.9. The predicted molar refractivity (Wildman–Crippen MR) is 200 cm³/mol. The lowest BCUT2D eigenvalue weighted by atomic mass is 9.79. The van der Waals surface area contributed by atoms with Crippen LogP contribution in [0.1, 0.15) is 38.8 Å². The summed E-state index contributed by atoms with van der Waals surface area (Å²) in [6, 6.07) is 33.9. The fourth-order valence-corrected chi connectivity index (χ4v) is 7.21. The van der Waals surface area contributed by atoms with Crippen LogP contribution >= 0.6 is 0 Å². The summed E-state index contributed by atoms with van der Waals surface area (Å²) in [5.41, 5.74) is 4.06. The smallest absolute Gasteiger partial charge is 0.473 e. The molecule has 3 fully saturated rings. The highest BCUT2D eigenvalue weighted by atomic mass is 19.1. The Balaban J connectivity index is 0.973. The lowest BCUT2D eigenvalue weighted by Gasteiger charge is -2.45. The van der Waals surface area contributed by atoms with E-state index >= 15 is 8.78 Å². The highest BCUT2D eigenvalue weighted by Crippen LogP contribution is 2.42. The van der Waals surface area contributed by atoms with Gasteiger partial charge in [-0.3, -0.25) is 0 Å². The lowest BCUT2D eigenvalue weighted by molar-refractivity contribution is 0.00578. The van der Waals surface area contributed by atoms with Gasteiger partial charge in [0.25, 0.3) is 0 Å². The second kappa shape index (κ2) is 13.6. The zero-order valence-electron chi connectivity index (χ0n) is 29.9. The molecule has 10 heteroatoms. The summed E-state index contributed by atoms with van der Waals surface area (Å²) in [4.78, 5) is 8.85. The highest BCUT2D eigenvalue weighted by molar-refractivity contribution is 6.62. The summed E-state index contributed by atoms with van der Waals surface area (Å²) in [6.07, 6.45) is 0. The SMILES string of the molecule is CC1(C)OB(c2ccc(N3C[C@H]4CN(c5ccc(-c6ccc(OCc7ccccc7)nc6OCc6ccccc6)cc5F)[C@H]4C3)c(F)c2)OC1(C)C. The highest BCUT2D eigenvalue weighted by Gasteiger charge is 2.52. The molecule has 8 rings (SSSR count). The van der Waals surface area contributed by atoms with E-state index in [2.05, 4.69) is 9.80 Å². The van der Waals surface area contributed by atoms with Crippen LogP contribution < -0.4 is 24.7 Å². The van der Waals surface area contributed by atoms with Gasteiger partial charge in [0.2, 0.25) is 11.8 Å². The molecule has 7 nitrogen and oxygen atoms in total. The largest absolute Gasteiger partial charge is 0.494 e. The number of benzene rings is 4. The van der Waals surface area contributed by atoms with E-state index in [-0.39, 0.29) is 17.7 Å². The standard InChI is InChI=1S/C42H42BF2N3O4/c1-41(2)42(3,4)52-43(51-41)32-16-19-36(35(45)22-32)47-23-31-24-48(38(31)25-47)37-18-15-30(21-34(37)44)33-17-20-39(49-26-28-11-7-5-8-12-28)46-40(33)50-27-29-13-9-6-10-14-29/h5-22,31,38H,23-27H2,1-4H3/t31-,38-/m0/s1. The molecule has 0 aliphatic carbocycles. The number of anilines is 2. The quantitative estimate of drug-likeness (QED) is 0.138. The Hall–Kier alpha value is -4.93. The molecule has 2 atom stereocenters. The van der Waals surface area contributed by atoms with Crippen LogP contribution in [-0.4, -0.2) is 49.0 Å². The molecule has 1 aromatic heterocycles. The molecular weight excluding hydrogens is 659 g/mol. The van der Waals surface area contributed by atoms with Crippen molar-refractivity contribution >= 4 is 24.0 Å². The second-order valence-electron chi connectivity index (χ2n) is 14.9. The van der Waals surface area contributed by atoms with Crippen LogP contribution in [0.3, 0.4) is 0 Å². The van der Waals surface area contributed by atoms with Crippen LogP contribution in [0.15, 0.2) is 109 Å². The van der Waals surface area contributed by atoms with Gasteiger partial charge in [0.05, 0.1) is 28.6 Å². The number of ether oxygens (including phenoxy) is 2. The van der Waals surface area contributed by atoms with Crippen molar-refractivity contribution in [3.8, 4) is 22.9 Å². The number of fused-ring (bicyclic) bond motifs is 1. The van der Waals surface area contributed by atoms with Gasteiger partial charge in [-0.25, -0.2) is 8.78 Å². The minimum Gasteiger partial charge on any atom is -0.473 e. The Bertz CT molecular complexity index is 2050. The van der Waals surface area contributed by atoms with E-state index in [0.29, 0.717) is 78.5 Å². The van der Waals surface area contributed by atoms with Crippen molar-refractivity contribution in [3.05, 3.63) is 132 Å². The third kappa shape index (κ3) is 6.61. The Morgan fingerprint density at radius 3 is 2.00 bits per heavy atom. The van der Waals surface area contributed by atoms with Gasteiger partial charge in [0.15, 0.2) is 0 Å². The van der Waals surface area contributed by atoms with Gasteiger partial charge in [0, 0.05) is 37.2 Å². The van der Waals surface area contributed by atoms with Gasteiger partial charge in [-0.2, -0.15) is 4.98 Å². The molecule has 0 spiro atoms. The molecule has 0 saturated carbocycles. The normalized spacial score (nSPS) is 20.1. The summed E-state index contributed by atoms with van der Waals surface area (Å²) in [5, 5.41) is 0. The van der Waals surface area contributed by atoms with Crippen LogP contribution in [0, 0.1) is 17.6 Å². The molecule has 0 radical (unpaired) electrons. The van der Waals surface area contributed by atoms with Gasteiger partial charge >= 0.3 is 7.12 Å². The van der Waals surface area contributed by atoms with Gasteiger partial charge in [0.1, 0.15) is 24.8 Å². The zero-order valence-corrected chi connectivity index (χ0v) is 29.9. The summed E-state index contributed by atoms with van der Waals surface area (Å²) >= 11 is 0. The molecule has 3 aliphatic rings. The molecule has 4 aromatic carbocycles. The third-order valence-electron chi connectivity index (χ3n) is 10.9. The topological polar surface area (TPSA) is 56.3 Å². The Kier molecular flexibility index (Phi) is 8.91. The number of rotatable bonds is 10. The van der Waals surface area contributed by atoms with Crippen molar-refractivity contribution in [2.24, 2.45) is 5.92 Å². The van der Waals surface area contributed by atoms with E-state index in [1.807, 2.05) is 119 Å². The first kappa shape index (κ1) is 34.2. The van der Waals surface area contributed by atoms with E-state index in [9.17, 15) is 0 Å². The molecule has 3 saturated heterocycles. The van der Waals surface area contributed by atoms with Crippen LogP contribution in [0.25, 0.3) is 11.1 Å². The van der Waals surface area contributed by atoms with E-state index in [1.54, 1.807) is 12.1 Å². The number of halogens is 2. The molecule has 266 valence electrons. The van der Waals surface area contributed by atoms with Crippen molar-refractivity contribution in [2.45, 2.75) is 58.2 Å². The molecule has 0 unspecified atom stereocenters. The summed E-state index contributed by atoms with van der Waals surface area (Å²) in [7, 11) is -0.627. The van der Waals surface area contributed by atoms with E-state index in [0.717, 1.165) is 11.1 Å². The predicted octanol–water partition coefficient (Wildman–Crippen LogP) is 7.81. The molecule has 5 aromatic rings. The van der Waals surface area contributed by atoms with Crippen LogP contribution in [0.2, 0.25) is 0 Å². The maximum Gasteiger partial charge on any atom is 0.494 e. The Morgan fingerprint density at radius 1 is 0.712 bits per heavy atom. The zero-order chi connectivity index (χ0) is 36.0. The van der Waals surface area contributed by atoms with Crippen LogP contribution in [0.5, 0.6) is 11.8 Å². The average molecular weight is 702 g/mol. The van der Waals surface area contributed by atoms with Crippen molar-refractivity contribution < 1.29 is 27.6 Å². The van der Waals surface area contributed by atoms with E-state index in [4.69, 9.17) is 23.8 Å². The molecule has 0 amide bonds. The average Bonchev–Trinajstić information content (AvgIpc) is 3.58. The van der Waals surface area contributed by atoms with Gasteiger partial charge in [-0.1, -0.05) is 72.8 Å². The first-order valence-corrected chi connectivity index (χ1v) is 17.9. The maximum atomic E-state index is 16.0. The minimum atomic E-state index is -0.627. The summed E-state index contributed by atoms with van der Waals surface area (Å²) < 4.78 is 56.1. The first-order chi connectivity index (χ1) is 25.0. The lowest BCUT2D eigenvalue weighted by Crippen LogP contribution is -2.56. The molecule has 0 bridgehead atoms. The maximum absolute atomic E-state index is 16.0. The fourth-order valence-electron chi connectivity index (χ4n) is 7.21. The van der Waals surface area contributed by atoms with Crippen LogP contribution in [-0.2, 0) is 22.5 Å². The van der Waals surface area contributed by atoms with Crippen molar-refractivity contribution in [2.75, 3.05) is 29.4 Å². The number of hydrogen-bond donors (Lipinski definition) is 0. The van der Waals surface area contributed by atoms with Crippen molar-refractivity contribution in [1.82, 2.24) is 4.98 Å². The number of pyridine rings is 1. The van der Waals surface area contributed by atoms with Gasteiger partial charge < -0.3 is 28.6 Å². The van der Waals surface area contributed by atoms with Crippen LogP contribution in [0.4, 0.5) is 20.2 Å². The molecule has 0 N–H and O–H groups in total. The van der Waals surface area contributed by atoms with Gasteiger partial charge in [-0.15, -0.1) is 0 Å². The first-order valence-electron chi connectivity index (χ1n) is 17.9. The van der Waals surface area contributed by atoms with Crippen molar-refractivity contribution in [3.63, 3.8) is 0 Å². The summed E-state index contributed by atoms with van der Waals surface area (Å²) in [6.45, 7) is 10.6. The molecular formula is C42H42BF2N3O4. The monoisotopic (exact) mass is 701 g/mol. The fraction of sp³-hybridized carbons (Fsp3) is 0.310. The second-order valence-corrected chi connectivity index (χ2v) is 14.9. The Morgan fingerprint density at radius 2 is 1.35 bits per heavy atom. The molecule has 3 aliphatic heterocycles.